The molecule has 4 saturated carbocycles. The zero-order chi connectivity index (χ0) is 19.7. The van der Waals surface area contributed by atoms with E-state index in [4.69, 9.17) is 4.74 Å². The van der Waals surface area contributed by atoms with Crippen LogP contribution < -0.4 is 0 Å². The summed E-state index contributed by atoms with van der Waals surface area (Å²) in [5.41, 5.74) is 0.490. The summed E-state index contributed by atoms with van der Waals surface area (Å²) in [6.45, 7) is 5.81. The number of allylic oxidation sites excluding steroid dienone is 6. The van der Waals surface area contributed by atoms with Gasteiger partial charge in [0.1, 0.15) is 0 Å². The molecule has 7 aliphatic carbocycles. The van der Waals surface area contributed by atoms with Gasteiger partial charge in [-0.25, -0.2) is 4.79 Å². The first kappa shape index (κ1) is 18.2. The average Bonchev–Trinajstić information content (AvgIpc) is 3.54. The highest BCUT2D eigenvalue weighted by Crippen LogP contribution is 2.70. The van der Waals surface area contributed by atoms with Crippen LogP contribution in [0.5, 0.6) is 0 Å². The summed E-state index contributed by atoms with van der Waals surface area (Å²) in [7, 11) is 0. The van der Waals surface area contributed by atoms with Crippen LogP contribution in [0.15, 0.2) is 48.6 Å². The number of carbonyl (C=O) groups is 1. The fourth-order valence-corrected chi connectivity index (χ4v) is 8.61. The Morgan fingerprint density at radius 1 is 0.897 bits per heavy atom. The van der Waals surface area contributed by atoms with E-state index in [1.165, 1.54) is 25.7 Å². The molecule has 11 atom stereocenters. The lowest BCUT2D eigenvalue weighted by Gasteiger charge is -2.38. The molecular formula is C27H34O2. The Hall–Kier alpha value is -1.57. The lowest BCUT2D eigenvalue weighted by atomic mass is 9.66. The molecule has 0 aromatic heterocycles. The topological polar surface area (TPSA) is 26.3 Å². The summed E-state index contributed by atoms with van der Waals surface area (Å²) in [5, 5.41) is 0. The molecule has 0 heterocycles. The van der Waals surface area contributed by atoms with Gasteiger partial charge in [0.15, 0.2) is 0 Å². The van der Waals surface area contributed by atoms with Gasteiger partial charge in [0.2, 0.25) is 0 Å². The van der Waals surface area contributed by atoms with Gasteiger partial charge in [0.05, 0.1) is 6.61 Å². The minimum atomic E-state index is -0.253. The number of hydrogen-bond donors (Lipinski definition) is 0. The quantitative estimate of drug-likeness (QED) is 0.272. The molecule has 4 fully saturated rings. The van der Waals surface area contributed by atoms with Crippen LogP contribution in [0.4, 0.5) is 0 Å². The van der Waals surface area contributed by atoms with Gasteiger partial charge in [-0.15, -0.1) is 0 Å². The van der Waals surface area contributed by atoms with Crippen molar-refractivity contribution in [2.45, 2.75) is 39.0 Å². The van der Waals surface area contributed by atoms with Crippen LogP contribution in [-0.2, 0) is 9.53 Å². The summed E-state index contributed by atoms with van der Waals surface area (Å²) in [6, 6.07) is 0. The maximum absolute atomic E-state index is 11.2. The minimum Gasteiger partial charge on any atom is -0.462 e. The molecule has 7 rings (SSSR count). The van der Waals surface area contributed by atoms with Gasteiger partial charge in [0.25, 0.3) is 0 Å². The van der Waals surface area contributed by atoms with Crippen LogP contribution in [-0.4, -0.2) is 12.6 Å². The zero-order valence-electron chi connectivity index (χ0n) is 17.6. The van der Waals surface area contributed by atoms with Crippen LogP contribution >= 0.6 is 0 Å². The van der Waals surface area contributed by atoms with Crippen molar-refractivity contribution in [2.24, 2.45) is 65.1 Å². The number of rotatable bonds is 3. The number of fused-ring (bicyclic) bond motifs is 14. The predicted molar refractivity (Wildman–Crippen MR) is 115 cm³/mol. The van der Waals surface area contributed by atoms with Crippen molar-refractivity contribution < 1.29 is 9.53 Å². The van der Waals surface area contributed by atoms with E-state index in [0.717, 1.165) is 53.3 Å². The van der Waals surface area contributed by atoms with E-state index in [9.17, 15) is 4.79 Å². The Morgan fingerprint density at radius 2 is 1.66 bits per heavy atom. The molecule has 0 N–H and O–H groups in total. The Balaban J connectivity index is 0.000000114. The maximum Gasteiger partial charge on any atom is 0.333 e. The molecule has 2 heteroatoms. The highest BCUT2D eigenvalue weighted by atomic mass is 16.5. The molecule has 154 valence electrons. The molecule has 7 aliphatic rings. The smallest absolute Gasteiger partial charge is 0.333 e. The molecule has 0 aromatic rings. The van der Waals surface area contributed by atoms with Crippen LogP contribution in [0.3, 0.4) is 0 Å². The predicted octanol–water partition coefficient (Wildman–Crippen LogP) is 5.58. The van der Waals surface area contributed by atoms with Gasteiger partial charge in [-0.05, 0) is 104 Å². The van der Waals surface area contributed by atoms with Crippen LogP contribution in [0.2, 0.25) is 0 Å². The summed E-state index contributed by atoms with van der Waals surface area (Å²) in [5.74, 6) is 10.2. The van der Waals surface area contributed by atoms with Crippen LogP contribution in [0, 0.1) is 65.1 Å². The average molecular weight is 391 g/mol. The fourth-order valence-electron chi connectivity index (χ4n) is 8.61. The molecule has 0 saturated heterocycles. The van der Waals surface area contributed by atoms with E-state index < -0.39 is 0 Å². The van der Waals surface area contributed by atoms with Gasteiger partial charge in [-0.3, -0.25) is 0 Å². The van der Waals surface area contributed by atoms with Crippen molar-refractivity contribution in [2.75, 3.05) is 6.61 Å². The van der Waals surface area contributed by atoms with Crippen molar-refractivity contribution >= 4 is 5.97 Å². The van der Waals surface area contributed by atoms with Crippen molar-refractivity contribution in [3.63, 3.8) is 0 Å². The SMILES string of the molecule is C1=CC2C(C1)C1CC2C2C3C=CC(C3)C12.C=C(C)C(=O)OCC1CC2C=CC1C2. The first-order valence-electron chi connectivity index (χ1n) is 12.0. The molecule has 0 spiro atoms. The van der Waals surface area contributed by atoms with Crippen molar-refractivity contribution in [3.8, 4) is 0 Å². The van der Waals surface area contributed by atoms with E-state index in [1.807, 2.05) is 0 Å². The first-order valence-corrected chi connectivity index (χ1v) is 12.0. The molecule has 0 amide bonds. The third-order valence-electron chi connectivity index (χ3n) is 9.61. The normalized spacial score (nSPS) is 50.6. The largest absolute Gasteiger partial charge is 0.462 e. The summed E-state index contributed by atoms with van der Waals surface area (Å²) in [6.07, 6.45) is 21.7. The van der Waals surface area contributed by atoms with E-state index in [1.54, 1.807) is 13.3 Å². The summed E-state index contributed by atoms with van der Waals surface area (Å²) < 4.78 is 5.17. The minimum absolute atomic E-state index is 0.253. The summed E-state index contributed by atoms with van der Waals surface area (Å²) >= 11 is 0. The summed E-state index contributed by atoms with van der Waals surface area (Å²) in [4.78, 5) is 11.2. The molecule has 29 heavy (non-hydrogen) atoms. The molecule has 0 aliphatic heterocycles. The lowest BCUT2D eigenvalue weighted by Crippen LogP contribution is -2.34. The van der Waals surface area contributed by atoms with E-state index >= 15 is 0 Å². The Morgan fingerprint density at radius 3 is 2.34 bits per heavy atom. The number of hydrogen-bond acceptors (Lipinski definition) is 2. The van der Waals surface area contributed by atoms with Crippen molar-refractivity contribution in [3.05, 3.63) is 48.6 Å². The Kier molecular flexibility index (Phi) is 4.22. The van der Waals surface area contributed by atoms with Crippen LogP contribution in [0.1, 0.15) is 39.0 Å². The van der Waals surface area contributed by atoms with Crippen molar-refractivity contribution in [1.82, 2.24) is 0 Å². The van der Waals surface area contributed by atoms with Crippen LogP contribution in [0.25, 0.3) is 0 Å². The second kappa shape index (κ2) is 6.72. The zero-order valence-corrected chi connectivity index (χ0v) is 17.6. The second-order valence-corrected chi connectivity index (χ2v) is 11.0. The van der Waals surface area contributed by atoms with Crippen molar-refractivity contribution in [1.29, 1.82) is 0 Å². The van der Waals surface area contributed by atoms with E-state index in [2.05, 4.69) is 43.0 Å². The number of carbonyl (C=O) groups excluding carboxylic acids is 1. The van der Waals surface area contributed by atoms with E-state index in [0.29, 0.717) is 24.0 Å². The standard InChI is InChI=1S/C15H18.C12H16O2/c1-2-10-11(3-1)13-7-12(10)14-8-4-5-9(6-8)15(13)14;1-8(2)12(13)14-7-11-6-9-3-4-10(11)5-9/h1-2,4-5,8-15H,3,6-7H2;3-4,9-11H,1,5-7H2,2H3. The number of esters is 1. The molecule has 2 nitrogen and oxygen atoms in total. The lowest BCUT2D eigenvalue weighted by molar-refractivity contribution is -0.140. The molecule has 11 unspecified atom stereocenters. The number of ether oxygens (including phenoxy) is 1. The highest BCUT2D eigenvalue weighted by Gasteiger charge is 2.64. The first-order chi connectivity index (χ1) is 14.1. The van der Waals surface area contributed by atoms with Gasteiger partial charge in [0, 0.05) is 5.57 Å². The van der Waals surface area contributed by atoms with Gasteiger partial charge >= 0.3 is 5.97 Å². The van der Waals surface area contributed by atoms with E-state index in [-0.39, 0.29) is 5.97 Å². The molecule has 6 bridgehead atoms. The highest BCUT2D eigenvalue weighted by molar-refractivity contribution is 5.86. The molecular weight excluding hydrogens is 356 g/mol. The molecule has 0 aromatic carbocycles. The van der Waals surface area contributed by atoms with Gasteiger partial charge in [-0.2, -0.15) is 0 Å². The maximum atomic E-state index is 11.2. The monoisotopic (exact) mass is 390 g/mol. The fraction of sp³-hybridized carbons (Fsp3) is 0.667. The third-order valence-corrected chi connectivity index (χ3v) is 9.61. The van der Waals surface area contributed by atoms with Gasteiger partial charge < -0.3 is 4.74 Å². The molecule has 0 radical (unpaired) electrons. The van der Waals surface area contributed by atoms with Gasteiger partial charge in [-0.1, -0.05) is 43.0 Å². The Labute approximate surface area is 175 Å². The second-order valence-electron chi connectivity index (χ2n) is 11.0. The third kappa shape index (κ3) is 2.77. The Bertz CT molecular complexity index is 803.